The maximum absolute atomic E-state index is 13.0. The molecule has 4 rings (SSSR count). The Labute approximate surface area is 246 Å². The molecule has 2 N–H and O–H groups in total. The van der Waals surface area contributed by atoms with E-state index in [1.807, 2.05) is 36.4 Å². The van der Waals surface area contributed by atoms with Gasteiger partial charge in [-0.1, -0.05) is 81.4 Å². The van der Waals surface area contributed by atoms with Gasteiger partial charge in [0.15, 0.2) is 12.0 Å². The van der Waals surface area contributed by atoms with E-state index >= 15 is 0 Å². The summed E-state index contributed by atoms with van der Waals surface area (Å²) >= 11 is 0. The fraction of sp³-hybridized carbons (Fsp3) is 0.400. The average molecular weight is 614 g/mol. The van der Waals surface area contributed by atoms with Gasteiger partial charge in [0.1, 0.15) is 18.3 Å². The van der Waals surface area contributed by atoms with Crippen LogP contribution in [0.5, 0.6) is 0 Å². The Morgan fingerprint density at radius 3 is 2.14 bits per heavy atom. The number of aryl methyl sites for hydroxylation is 1. The summed E-state index contributed by atoms with van der Waals surface area (Å²) in [6.07, 6.45) is -0.637. The second-order valence-electron chi connectivity index (χ2n) is 11.2. The Hall–Kier alpha value is -3.02. The van der Waals surface area contributed by atoms with Crippen LogP contribution >= 0.6 is 8.03 Å². The molecule has 1 saturated heterocycles. The number of H-pyrrole nitrogens is 1. The summed E-state index contributed by atoms with van der Waals surface area (Å²) in [5, 5.41) is 1.65. The molecule has 3 aromatic rings. The molecule has 1 aromatic heterocycles. The van der Waals surface area contributed by atoms with Crippen molar-refractivity contribution in [3.63, 3.8) is 0 Å². The number of benzene rings is 2. The first-order valence-electron chi connectivity index (χ1n) is 13.7. The van der Waals surface area contributed by atoms with Gasteiger partial charge < -0.3 is 18.6 Å². The van der Waals surface area contributed by atoms with E-state index in [9.17, 15) is 19.0 Å². The van der Waals surface area contributed by atoms with Crippen LogP contribution in [-0.4, -0.2) is 61.4 Å². The highest BCUT2D eigenvalue weighted by Gasteiger charge is 2.57. The zero-order valence-electron chi connectivity index (χ0n) is 24.4. The standard InChI is InChI=1S/C30H37N2O8PSi/c1-21-20-32(29(34)31-27(21)33)28-26(38-18-17-37-5)25(24(39-28)16-19-41(35)36)40-42(30(2,3)4,22-12-8-6-9-13-22)23-14-10-7-11-15-23/h6-16,19-20,24-26,28H,17-18H2,1-5H3,(H-,31,33,34,35,36)/p+1/b19-16+/t24-,25-,26-,28-/m1/s1. The molecule has 0 radical (unpaired) electrons. The van der Waals surface area contributed by atoms with Crippen LogP contribution in [0.1, 0.15) is 32.6 Å². The van der Waals surface area contributed by atoms with Crippen molar-refractivity contribution in [3.05, 3.63) is 105 Å². The van der Waals surface area contributed by atoms with Crippen LogP contribution in [-0.2, 0) is 23.2 Å². The molecule has 224 valence electrons. The number of ether oxygens (including phenoxy) is 3. The van der Waals surface area contributed by atoms with E-state index in [-0.39, 0.29) is 13.2 Å². The quantitative estimate of drug-likeness (QED) is 0.192. The number of aromatic amines is 1. The smallest absolute Gasteiger partial charge is 0.399 e. The van der Waals surface area contributed by atoms with E-state index in [0.717, 1.165) is 16.2 Å². The number of nitrogens with one attached hydrogen (secondary N) is 1. The Kier molecular flexibility index (Phi) is 10.3. The summed E-state index contributed by atoms with van der Waals surface area (Å²) in [5.74, 6) is 1.15. The van der Waals surface area contributed by atoms with E-state index in [4.69, 9.17) is 18.6 Å². The highest BCUT2D eigenvalue weighted by molar-refractivity contribution is 7.41. The topological polar surface area (TPSA) is 129 Å². The monoisotopic (exact) mass is 613 g/mol. The predicted octanol–water partition coefficient (Wildman–Crippen LogP) is 2.97. The number of methoxy groups -OCH3 is 1. The largest absolute Gasteiger partial charge is 0.537 e. The van der Waals surface area contributed by atoms with Crippen LogP contribution < -0.4 is 21.6 Å². The summed E-state index contributed by atoms with van der Waals surface area (Å²) in [5.41, 5.74) is -0.853. The number of rotatable bonds is 11. The fourth-order valence-corrected chi connectivity index (χ4v) is 10.5. The highest BCUT2D eigenvalue weighted by Crippen LogP contribution is 2.42. The summed E-state index contributed by atoms with van der Waals surface area (Å²) in [6.45, 7) is 8.45. The molecular weight excluding hydrogens is 575 g/mol. The molecule has 0 spiro atoms. The van der Waals surface area contributed by atoms with Gasteiger partial charge in [-0.2, -0.15) is 4.89 Å². The van der Waals surface area contributed by atoms with Crippen molar-refractivity contribution in [1.82, 2.24) is 9.55 Å². The normalized spacial score (nSPS) is 21.6. The van der Waals surface area contributed by atoms with Crippen molar-refractivity contribution in [2.24, 2.45) is 0 Å². The third-order valence-corrected chi connectivity index (χ3v) is 12.8. The van der Waals surface area contributed by atoms with Gasteiger partial charge in [-0.25, -0.2) is 4.79 Å². The fourth-order valence-electron chi connectivity index (χ4n) is 5.45. The van der Waals surface area contributed by atoms with Gasteiger partial charge >= 0.3 is 13.7 Å². The van der Waals surface area contributed by atoms with Crippen LogP contribution in [0.3, 0.4) is 0 Å². The van der Waals surface area contributed by atoms with Crippen LogP contribution in [0.4, 0.5) is 0 Å². The minimum Gasteiger partial charge on any atom is -0.399 e. The molecule has 1 aliphatic rings. The summed E-state index contributed by atoms with van der Waals surface area (Å²) in [6, 6.07) is 20.1. The van der Waals surface area contributed by atoms with Crippen molar-refractivity contribution < 1.29 is 28.1 Å². The zero-order valence-corrected chi connectivity index (χ0v) is 26.3. The molecule has 2 aromatic carbocycles. The second kappa shape index (κ2) is 13.5. The molecule has 0 saturated carbocycles. The van der Waals surface area contributed by atoms with Gasteiger partial charge in [0, 0.05) is 18.9 Å². The van der Waals surface area contributed by atoms with Gasteiger partial charge in [-0.05, 0) is 33.0 Å². The minimum absolute atomic E-state index is 0.170. The molecular formula is C30H38N2O8PSi+. The lowest BCUT2D eigenvalue weighted by atomic mass is 10.1. The van der Waals surface area contributed by atoms with Crippen LogP contribution in [0.2, 0.25) is 5.04 Å². The Morgan fingerprint density at radius 1 is 1.02 bits per heavy atom. The van der Waals surface area contributed by atoms with Crippen molar-refractivity contribution in [3.8, 4) is 0 Å². The zero-order chi connectivity index (χ0) is 30.5. The Morgan fingerprint density at radius 2 is 1.62 bits per heavy atom. The first kappa shape index (κ1) is 31.9. The Bertz CT molecular complexity index is 1460. The maximum atomic E-state index is 13.0. The van der Waals surface area contributed by atoms with Crippen LogP contribution in [0, 0.1) is 6.92 Å². The van der Waals surface area contributed by atoms with Crippen molar-refractivity contribution >= 4 is 26.7 Å². The minimum atomic E-state index is -3.17. The molecule has 0 amide bonds. The molecule has 1 aliphatic heterocycles. The van der Waals surface area contributed by atoms with E-state index in [0.29, 0.717) is 5.56 Å². The molecule has 1 unspecified atom stereocenters. The number of aromatic nitrogens is 2. The van der Waals surface area contributed by atoms with Gasteiger partial charge in [-0.3, -0.25) is 14.3 Å². The molecule has 5 atom stereocenters. The van der Waals surface area contributed by atoms with Crippen molar-refractivity contribution in [2.75, 3.05) is 20.3 Å². The van der Waals surface area contributed by atoms with Gasteiger partial charge in [0.25, 0.3) is 13.9 Å². The number of hydrogen-bond donors (Lipinski definition) is 2. The van der Waals surface area contributed by atoms with Gasteiger partial charge in [0.05, 0.1) is 13.2 Å². The van der Waals surface area contributed by atoms with E-state index in [1.165, 1.54) is 16.8 Å². The van der Waals surface area contributed by atoms with Crippen LogP contribution in [0.15, 0.2) is 88.3 Å². The summed E-state index contributed by atoms with van der Waals surface area (Å²) in [4.78, 5) is 37.2. The SMILES string of the molecule is COCCO[C@@H]1[C@H](O[Si](c2ccccc2)(c2ccccc2)C(C)(C)C)[C@@H](/C=C/[P+](=O)O)O[C@H]1n1cc(C)c(=O)[nH]c1=O. The number of nitrogens with zero attached hydrogens (tertiary/aromatic N) is 1. The molecule has 2 heterocycles. The highest BCUT2D eigenvalue weighted by atomic mass is 31.1. The third kappa shape index (κ3) is 6.63. The maximum Gasteiger partial charge on any atom is 0.537 e. The van der Waals surface area contributed by atoms with Gasteiger partial charge in [0.2, 0.25) is 0 Å². The second-order valence-corrected chi connectivity index (χ2v) is 16.3. The molecule has 12 heteroatoms. The van der Waals surface area contributed by atoms with E-state index < -0.39 is 57.2 Å². The average Bonchev–Trinajstić information content (AvgIpc) is 3.29. The molecule has 42 heavy (non-hydrogen) atoms. The predicted molar refractivity (Wildman–Crippen MR) is 163 cm³/mol. The van der Waals surface area contributed by atoms with Crippen LogP contribution in [0.25, 0.3) is 0 Å². The lowest BCUT2D eigenvalue weighted by Crippen LogP contribution is -2.69. The lowest BCUT2D eigenvalue weighted by Gasteiger charge is -2.45. The van der Waals surface area contributed by atoms with Crippen molar-refractivity contribution in [1.29, 1.82) is 0 Å². The van der Waals surface area contributed by atoms with E-state index in [2.05, 4.69) is 50.0 Å². The molecule has 1 fully saturated rings. The summed E-state index contributed by atoms with van der Waals surface area (Å²) < 4.78 is 38.4. The summed E-state index contributed by atoms with van der Waals surface area (Å²) in [7, 11) is -4.24. The lowest BCUT2D eigenvalue weighted by molar-refractivity contribution is -0.0766. The number of hydrogen-bond acceptors (Lipinski definition) is 7. The molecule has 0 bridgehead atoms. The Balaban J connectivity index is 1.94. The third-order valence-electron chi connectivity index (χ3n) is 7.38. The first-order chi connectivity index (χ1) is 20.0. The van der Waals surface area contributed by atoms with E-state index in [1.54, 1.807) is 14.0 Å². The molecule has 0 aliphatic carbocycles. The van der Waals surface area contributed by atoms with Gasteiger partial charge in [-0.15, -0.1) is 0 Å². The van der Waals surface area contributed by atoms with Crippen molar-refractivity contribution in [2.45, 2.75) is 57.3 Å². The first-order valence-corrected chi connectivity index (χ1v) is 16.9. The molecule has 10 nitrogen and oxygen atoms in total.